The van der Waals surface area contributed by atoms with Crippen molar-refractivity contribution < 1.29 is 22.8 Å². The molecule has 0 unspecified atom stereocenters. The highest BCUT2D eigenvalue weighted by molar-refractivity contribution is 5.99. The fourth-order valence-electron chi connectivity index (χ4n) is 2.32. The van der Waals surface area contributed by atoms with Gasteiger partial charge in [0, 0.05) is 24.8 Å². The zero-order valence-corrected chi connectivity index (χ0v) is 11.0. The van der Waals surface area contributed by atoms with Gasteiger partial charge in [0.25, 0.3) is 5.91 Å². The fraction of sp³-hybridized carbons (Fsp3) is 0.538. The molecule has 1 N–H and O–H groups in total. The normalized spacial score (nSPS) is 20.0. The molecule has 4 nitrogen and oxygen atoms in total. The maximum absolute atomic E-state index is 12.7. The Labute approximate surface area is 113 Å². The minimum absolute atomic E-state index is 0.0523. The minimum Gasteiger partial charge on any atom is -0.356 e. The van der Waals surface area contributed by atoms with Gasteiger partial charge in [0.2, 0.25) is 0 Å². The second kappa shape index (κ2) is 5.30. The Hall–Kier alpha value is -1.79. The number of aromatic amines is 1. The smallest absolute Gasteiger partial charge is 0.356 e. The highest BCUT2D eigenvalue weighted by atomic mass is 19.4. The van der Waals surface area contributed by atoms with Gasteiger partial charge in [0.15, 0.2) is 5.78 Å². The Morgan fingerprint density at radius 1 is 1.40 bits per heavy atom. The van der Waals surface area contributed by atoms with E-state index in [4.69, 9.17) is 0 Å². The molecule has 1 amide bonds. The Kier molecular flexibility index (Phi) is 3.87. The predicted octanol–water partition coefficient (Wildman–Crippen LogP) is 2.63. The van der Waals surface area contributed by atoms with Crippen molar-refractivity contribution in [2.75, 3.05) is 13.1 Å². The summed E-state index contributed by atoms with van der Waals surface area (Å²) >= 11 is 0. The molecule has 2 rings (SSSR count). The largest absolute Gasteiger partial charge is 0.393 e. The van der Waals surface area contributed by atoms with Gasteiger partial charge < -0.3 is 9.88 Å². The van der Waals surface area contributed by atoms with Gasteiger partial charge in [-0.2, -0.15) is 13.2 Å². The molecular weight excluding hydrogens is 273 g/mol. The maximum atomic E-state index is 12.7. The number of rotatable bonds is 2. The molecule has 1 fully saturated rings. The van der Waals surface area contributed by atoms with Crippen LogP contribution in [0.4, 0.5) is 13.2 Å². The molecule has 20 heavy (non-hydrogen) atoms. The lowest BCUT2D eigenvalue weighted by Crippen LogP contribution is -2.44. The van der Waals surface area contributed by atoms with Crippen LogP contribution in [0.25, 0.3) is 0 Å². The number of ketones is 1. The van der Waals surface area contributed by atoms with Crippen molar-refractivity contribution in [2.45, 2.75) is 25.9 Å². The molecule has 0 bridgehead atoms. The highest BCUT2D eigenvalue weighted by Gasteiger charge is 2.42. The van der Waals surface area contributed by atoms with Gasteiger partial charge in [0.1, 0.15) is 5.69 Å². The van der Waals surface area contributed by atoms with Crippen LogP contribution < -0.4 is 0 Å². The molecule has 0 aliphatic carbocycles. The fourth-order valence-corrected chi connectivity index (χ4v) is 2.32. The third kappa shape index (κ3) is 3.02. The van der Waals surface area contributed by atoms with Gasteiger partial charge in [-0.3, -0.25) is 9.59 Å². The second-order valence-corrected chi connectivity index (χ2v) is 4.99. The van der Waals surface area contributed by atoms with Gasteiger partial charge in [-0.05, 0) is 25.8 Å². The standard InChI is InChI=1S/C13H15F3N2O2/c1-8(19)9-5-11(17-6-9)12(20)18-4-2-3-10(7-18)13(14,15)16/h5-6,10,17H,2-4,7H2,1H3/t10-/m0/s1. The zero-order valence-electron chi connectivity index (χ0n) is 11.0. The SMILES string of the molecule is CC(=O)c1c[nH]c(C(=O)N2CCC[C@H](C(F)(F)F)C2)c1. The number of piperidine rings is 1. The van der Waals surface area contributed by atoms with Crippen molar-refractivity contribution in [1.29, 1.82) is 0 Å². The lowest BCUT2D eigenvalue weighted by molar-refractivity contribution is -0.184. The number of Topliss-reactive ketones (excluding diaryl/α,β-unsaturated/α-hetero) is 1. The van der Waals surface area contributed by atoms with Gasteiger partial charge in [-0.15, -0.1) is 0 Å². The van der Waals surface area contributed by atoms with Crippen LogP contribution in [0.2, 0.25) is 0 Å². The van der Waals surface area contributed by atoms with E-state index in [0.29, 0.717) is 18.5 Å². The minimum atomic E-state index is -4.28. The van der Waals surface area contributed by atoms with E-state index in [9.17, 15) is 22.8 Å². The molecule has 0 radical (unpaired) electrons. The van der Waals surface area contributed by atoms with Crippen LogP contribution in [-0.4, -0.2) is 40.8 Å². The van der Waals surface area contributed by atoms with E-state index in [1.807, 2.05) is 0 Å². The summed E-state index contributed by atoms with van der Waals surface area (Å²) in [6, 6.07) is 1.38. The maximum Gasteiger partial charge on any atom is 0.393 e. The quantitative estimate of drug-likeness (QED) is 0.851. The summed E-state index contributed by atoms with van der Waals surface area (Å²) in [6.07, 6.45) is -2.51. The molecule has 110 valence electrons. The van der Waals surface area contributed by atoms with Crippen molar-refractivity contribution in [3.8, 4) is 0 Å². The van der Waals surface area contributed by atoms with Crippen LogP contribution in [0.3, 0.4) is 0 Å². The summed E-state index contributed by atoms with van der Waals surface area (Å²) in [5.41, 5.74) is 0.496. The molecule has 1 saturated heterocycles. The molecule has 1 aliphatic heterocycles. The van der Waals surface area contributed by atoms with E-state index in [2.05, 4.69) is 4.98 Å². The number of H-pyrrole nitrogens is 1. The Morgan fingerprint density at radius 2 is 2.10 bits per heavy atom. The average molecular weight is 288 g/mol. The lowest BCUT2D eigenvalue weighted by atomic mass is 9.97. The number of nitrogens with zero attached hydrogens (tertiary/aromatic N) is 1. The number of halogens is 3. The van der Waals surface area contributed by atoms with Gasteiger partial charge in [-0.25, -0.2) is 0 Å². The first-order chi connectivity index (χ1) is 9.29. The molecule has 2 heterocycles. The number of aromatic nitrogens is 1. The van der Waals surface area contributed by atoms with Gasteiger partial charge >= 0.3 is 6.18 Å². The van der Waals surface area contributed by atoms with Crippen LogP contribution in [-0.2, 0) is 0 Å². The Morgan fingerprint density at radius 3 is 2.65 bits per heavy atom. The van der Waals surface area contributed by atoms with E-state index in [1.54, 1.807) is 0 Å². The monoisotopic (exact) mass is 288 g/mol. The van der Waals surface area contributed by atoms with Crippen molar-refractivity contribution in [2.24, 2.45) is 5.92 Å². The summed E-state index contributed by atoms with van der Waals surface area (Å²) in [4.78, 5) is 27.1. The average Bonchev–Trinajstić information content (AvgIpc) is 2.87. The van der Waals surface area contributed by atoms with Crippen molar-refractivity contribution in [1.82, 2.24) is 9.88 Å². The predicted molar refractivity (Wildman–Crippen MR) is 65.5 cm³/mol. The number of nitrogens with one attached hydrogen (secondary N) is 1. The first-order valence-corrected chi connectivity index (χ1v) is 6.34. The molecule has 1 aromatic heterocycles. The van der Waals surface area contributed by atoms with Gasteiger partial charge in [-0.1, -0.05) is 0 Å². The number of carbonyl (C=O) groups is 2. The van der Waals surface area contributed by atoms with Crippen LogP contribution in [0.1, 0.15) is 40.6 Å². The molecule has 1 aromatic rings. The highest BCUT2D eigenvalue weighted by Crippen LogP contribution is 2.33. The van der Waals surface area contributed by atoms with Crippen molar-refractivity contribution in [3.05, 3.63) is 23.5 Å². The topological polar surface area (TPSA) is 53.2 Å². The van der Waals surface area contributed by atoms with Crippen LogP contribution in [0.5, 0.6) is 0 Å². The van der Waals surface area contributed by atoms with Crippen LogP contribution in [0, 0.1) is 5.92 Å². The molecule has 0 saturated carbocycles. The Bertz CT molecular complexity index is 522. The summed E-state index contributed by atoms with van der Waals surface area (Å²) < 4.78 is 38.1. The van der Waals surface area contributed by atoms with E-state index in [0.717, 1.165) is 0 Å². The number of alkyl halides is 3. The third-order valence-electron chi connectivity index (χ3n) is 3.49. The molecule has 0 aromatic carbocycles. The molecular formula is C13H15F3N2O2. The molecule has 7 heteroatoms. The van der Waals surface area contributed by atoms with E-state index >= 15 is 0 Å². The summed E-state index contributed by atoms with van der Waals surface area (Å²) in [5.74, 6) is -2.17. The summed E-state index contributed by atoms with van der Waals surface area (Å²) in [6.45, 7) is 1.34. The molecule has 0 spiro atoms. The van der Waals surface area contributed by atoms with E-state index in [-0.39, 0.29) is 24.4 Å². The third-order valence-corrected chi connectivity index (χ3v) is 3.49. The summed E-state index contributed by atoms with van der Waals surface area (Å²) in [7, 11) is 0. The van der Waals surface area contributed by atoms with Crippen molar-refractivity contribution in [3.63, 3.8) is 0 Å². The number of carbonyl (C=O) groups excluding carboxylic acids is 2. The Balaban J connectivity index is 2.10. The van der Waals surface area contributed by atoms with Crippen LogP contribution >= 0.6 is 0 Å². The van der Waals surface area contributed by atoms with Crippen molar-refractivity contribution >= 4 is 11.7 Å². The molecule has 1 atom stereocenters. The van der Waals surface area contributed by atoms with Crippen LogP contribution in [0.15, 0.2) is 12.3 Å². The molecule has 1 aliphatic rings. The second-order valence-electron chi connectivity index (χ2n) is 4.99. The first kappa shape index (κ1) is 14.6. The number of hydrogen-bond donors (Lipinski definition) is 1. The van der Waals surface area contributed by atoms with E-state index < -0.39 is 18.0 Å². The number of amides is 1. The summed E-state index contributed by atoms with van der Waals surface area (Å²) in [5, 5.41) is 0. The van der Waals surface area contributed by atoms with Gasteiger partial charge in [0.05, 0.1) is 5.92 Å². The first-order valence-electron chi connectivity index (χ1n) is 6.34. The lowest BCUT2D eigenvalue weighted by Gasteiger charge is -2.33. The van der Waals surface area contributed by atoms with E-state index in [1.165, 1.54) is 24.1 Å². The number of likely N-dealkylation sites (tertiary alicyclic amines) is 1. The number of hydrogen-bond acceptors (Lipinski definition) is 2. The zero-order chi connectivity index (χ0) is 14.9.